The van der Waals surface area contributed by atoms with E-state index in [9.17, 15) is 8.42 Å². The van der Waals surface area contributed by atoms with Crippen LogP contribution in [0.5, 0.6) is 0 Å². The predicted molar refractivity (Wildman–Crippen MR) is 43.7 cm³/mol. The fourth-order valence-electron chi connectivity index (χ4n) is 0.917. The molecule has 1 saturated heterocycles. The quantitative estimate of drug-likeness (QED) is 0.370. The van der Waals surface area contributed by atoms with Gasteiger partial charge in [0.15, 0.2) is 0 Å². The third-order valence-corrected chi connectivity index (χ3v) is 2.85. The van der Waals surface area contributed by atoms with Crippen molar-refractivity contribution in [1.29, 1.82) is 0 Å². The van der Waals surface area contributed by atoms with E-state index in [1.165, 1.54) is 4.31 Å². The van der Waals surface area contributed by atoms with Gasteiger partial charge in [-0.2, -0.15) is 12.7 Å². The molecule has 1 aliphatic heterocycles. The van der Waals surface area contributed by atoms with Gasteiger partial charge in [-0.1, -0.05) is 6.58 Å². The van der Waals surface area contributed by atoms with Crippen LogP contribution in [0.25, 0.3) is 0 Å². The average Bonchev–Trinajstić information content (AvgIpc) is 2.06. The molecule has 0 spiro atoms. The fraction of sp³-hybridized carbons (Fsp3) is 0.667. The van der Waals surface area contributed by atoms with Gasteiger partial charge in [-0.15, -0.1) is 0 Å². The van der Waals surface area contributed by atoms with E-state index in [1.54, 1.807) is 0 Å². The van der Waals surface area contributed by atoms with Crippen LogP contribution < -0.4 is 29.6 Å². The first-order valence-corrected chi connectivity index (χ1v) is 4.90. The van der Waals surface area contributed by atoms with Gasteiger partial charge in [0, 0.05) is 13.1 Å². The third kappa shape index (κ3) is 3.97. The summed E-state index contributed by atoms with van der Waals surface area (Å²) >= 11 is 0. The van der Waals surface area contributed by atoms with Crippen molar-refractivity contribution < 1.29 is 48.3 Å². The van der Waals surface area contributed by atoms with Crippen LogP contribution in [-0.2, 0) is 19.2 Å². The Balaban J connectivity index is 0. The molecule has 0 aliphatic carbocycles. The van der Waals surface area contributed by atoms with Crippen molar-refractivity contribution in [1.82, 2.24) is 4.31 Å². The maximum Gasteiger partial charge on any atom is 1.00 e. The Morgan fingerprint density at radius 1 is 1.46 bits per heavy atom. The molecule has 0 aromatic heterocycles. The number of hydrogen-bond acceptors (Lipinski definition) is 4. The average molecular weight is 217 g/mol. The largest absolute Gasteiger partial charge is 1.00 e. The van der Waals surface area contributed by atoms with E-state index >= 15 is 0 Å². The summed E-state index contributed by atoms with van der Waals surface area (Å²) < 4.78 is 32.9. The number of rotatable bonds is 3. The van der Waals surface area contributed by atoms with E-state index in [1.807, 2.05) is 0 Å². The minimum atomic E-state index is -3.60. The Bertz CT molecular complexity index is 253. The molecule has 0 N–H and O–H groups in total. The molecule has 0 aromatic carbocycles. The van der Waals surface area contributed by atoms with Gasteiger partial charge in [-0.25, -0.2) is 0 Å². The zero-order valence-electron chi connectivity index (χ0n) is 8.60. The second kappa shape index (κ2) is 6.00. The number of ether oxygens (including phenoxy) is 1. The summed E-state index contributed by atoms with van der Waals surface area (Å²) in [6.07, 6.45) is 0.908. The van der Waals surface area contributed by atoms with Gasteiger partial charge in [0.05, 0.1) is 13.2 Å². The van der Waals surface area contributed by atoms with Crippen LogP contribution in [0, 0.1) is 0 Å². The molecule has 0 saturated carbocycles. The number of hydrogen-bond donors (Lipinski definition) is 0. The summed E-state index contributed by atoms with van der Waals surface area (Å²) in [5, 5.41) is 0. The van der Waals surface area contributed by atoms with Crippen LogP contribution >= 0.6 is 0 Å². The molecule has 0 radical (unpaired) electrons. The van der Waals surface area contributed by atoms with Crippen LogP contribution in [0.4, 0.5) is 0 Å². The summed E-state index contributed by atoms with van der Waals surface area (Å²) in [4.78, 5) is 0. The summed E-state index contributed by atoms with van der Waals surface area (Å²) in [7, 11) is -3.60. The van der Waals surface area contributed by atoms with Gasteiger partial charge >= 0.3 is 39.9 Å². The molecule has 13 heavy (non-hydrogen) atoms. The van der Waals surface area contributed by atoms with E-state index in [0.717, 1.165) is 6.26 Å². The molecule has 5 nitrogen and oxygen atoms in total. The first-order valence-electron chi connectivity index (χ1n) is 3.54. The molecule has 1 heterocycles. The van der Waals surface area contributed by atoms with Crippen molar-refractivity contribution in [3.63, 3.8) is 0 Å². The van der Waals surface area contributed by atoms with Crippen LogP contribution in [0.2, 0.25) is 0 Å². The normalized spacial score (nSPS) is 18.8. The number of nitrogens with zero attached hydrogens (tertiary/aromatic N) is 1. The minimum absolute atomic E-state index is 0. The zero-order chi connectivity index (χ0) is 9.03. The summed E-state index contributed by atoms with van der Waals surface area (Å²) in [6.45, 7) is 4.70. The van der Waals surface area contributed by atoms with Crippen LogP contribution in [0.1, 0.15) is 1.43 Å². The second-order valence-electron chi connectivity index (χ2n) is 2.23. The zero-order valence-corrected chi connectivity index (χ0v) is 10.4. The van der Waals surface area contributed by atoms with E-state index in [0.29, 0.717) is 26.3 Å². The topological polar surface area (TPSA) is 55.8 Å². The number of morpholine rings is 1. The smallest absolute Gasteiger partial charge is 1.00 e. The Labute approximate surface area is 102 Å². The van der Waals surface area contributed by atoms with Crippen LogP contribution in [-0.4, -0.2) is 39.0 Å². The van der Waals surface area contributed by atoms with Crippen molar-refractivity contribution in [3.8, 4) is 0 Å². The van der Waals surface area contributed by atoms with Gasteiger partial charge in [0.2, 0.25) is 0 Å². The molecule has 0 unspecified atom stereocenters. The van der Waals surface area contributed by atoms with Gasteiger partial charge < -0.3 is 10.3 Å². The van der Waals surface area contributed by atoms with E-state index in [4.69, 9.17) is 4.74 Å². The molecule has 0 aromatic rings. The van der Waals surface area contributed by atoms with Crippen molar-refractivity contribution >= 4 is 10.3 Å². The van der Waals surface area contributed by atoms with Crippen molar-refractivity contribution in [3.05, 3.63) is 12.8 Å². The van der Waals surface area contributed by atoms with E-state index in [2.05, 4.69) is 10.8 Å². The standard InChI is InChI=1S/C6H11NO4S.Na.H/c1-2-11-12(8,9)7-3-5-10-6-4-7;;/h2H,1,3-6H2;;/q;+1;-1. The van der Waals surface area contributed by atoms with Crippen molar-refractivity contribution in [2.75, 3.05) is 26.3 Å². The Morgan fingerprint density at radius 2 is 2.00 bits per heavy atom. The van der Waals surface area contributed by atoms with Crippen molar-refractivity contribution in [2.24, 2.45) is 0 Å². The molecule has 0 bridgehead atoms. The molecule has 1 rings (SSSR count). The molecule has 7 heteroatoms. The Morgan fingerprint density at radius 3 is 2.46 bits per heavy atom. The van der Waals surface area contributed by atoms with E-state index < -0.39 is 10.3 Å². The Hall–Kier alpha value is 0.410. The molecular weight excluding hydrogens is 205 g/mol. The molecule has 0 amide bonds. The van der Waals surface area contributed by atoms with Gasteiger partial charge in [0.25, 0.3) is 0 Å². The first kappa shape index (κ1) is 13.4. The minimum Gasteiger partial charge on any atom is -1.00 e. The molecule has 1 fully saturated rings. The Kier molecular flexibility index (Phi) is 6.19. The maximum atomic E-state index is 11.2. The van der Waals surface area contributed by atoms with Crippen LogP contribution in [0.15, 0.2) is 12.8 Å². The second-order valence-corrected chi connectivity index (χ2v) is 3.80. The summed E-state index contributed by atoms with van der Waals surface area (Å²) in [5.41, 5.74) is 0. The summed E-state index contributed by atoms with van der Waals surface area (Å²) in [6, 6.07) is 0. The summed E-state index contributed by atoms with van der Waals surface area (Å²) in [5.74, 6) is 0. The SMILES string of the molecule is C=COS(=O)(=O)N1CCOCC1.[H-].[Na+]. The van der Waals surface area contributed by atoms with Gasteiger partial charge in [-0.3, -0.25) is 0 Å². The molecular formula is C6H12NNaO4S. The molecule has 72 valence electrons. The van der Waals surface area contributed by atoms with E-state index in [-0.39, 0.29) is 31.0 Å². The van der Waals surface area contributed by atoms with Crippen LogP contribution in [0.3, 0.4) is 0 Å². The molecule has 0 atom stereocenters. The molecule has 1 aliphatic rings. The predicted octanol–water partition coefficient (Wildman–Crippen LogP) is -3.16. The maximum absolute atomic E-state index is 11.2. The van der Waals surface area contributed by atoms with Gasteiger partial charge in [-0.05, 0) is 0 Å². The van der Waals surface area contributed by atoms with Gasteiger partial charge in [0.1, 0.15) is 6.26 Å². The third-order valence-electron chi connectivity index (χ3n) is 1.48. The monoisotopic (exact) mass is 217 g/mol. The van der Waals surface area contributed by atoms with Crippen molar-refractivity contribution in [2.45, 2.75) is 0 Å². The first-order chi connectivity index (χ1) is 5.67. The fourth-order valence-corrected chi connectivity index (χ4v) is 1.81.